The molecular weight excluding hydrogens is 428 g/mol. The van der Waals surface area contributed by atoms with Crippen molar-refractivity contribution in [3.05, 3.63) is 77.8 Å². The molecule has 1 aromatic heterocycles. The second-order valence-electron chi connectivity index (χ2n) is 8.14. The highest BCUT2D eigenvalue weighted by Crippen LogP contribution is 2.27. The van der Waals surface area contributed by atoms with Crippen LogP contribution in [0.25, 0.3) is 11.4 Å². The van der Waals surface area contributed by atoms with Crippen LogP contribution in [0.4, 0.5) is 0 Å². The first kappa shape index (κ1) is 23.1. The summed E-state index contributed by atoms with van der Waals surface area (Å²) in [5.41, 5.74) is 1.73. The molecule has 31 heavy (non-hydrogen) atoms. The molecule has 162 valence electrons. The highest BCUT2D eigenvalue weighted by molar-refractivity contribution is 7.99. The standard InChI is InChI=1S/C24H27ClN4OS/c1-5-15-28-22(19-11-13-20(25)14-12-19)26-27-23(28)31-17-21(30)29(24(2,3)4)16-18-9-7-6-8-10-18/h5-14H,1,15-17H2,2-4H3. The van der Waals surface area contributed by atoms with Crippen molar-refractivity contribution in [2.24, 2.45) is 0 Å². The highest BCUT2D eigenvalue weighted by atomic mass is 35.5. The molecule has 1 heterocycles. The van der Waals surface area contributed by atoms with Gasteiger partial charge >= 0.3 is 0 Å². The van der Waals surface area contributed by atoms with Crippen LogP contribution in [0.5, 0.6) is 0 Å². The predicted molar refractivity (Wildman–Crippen MR) is 128 cm³/mol. The largest absolute Gasteiger partial charge is 0.333 e. The van der Waals surface area contributed by atoms with Crippen molar-refractivity contribution < 1.29 is 4.79 Å². The van der Waals surface area contributed by atoms with E-state index in [2.05, 4.69) is 37.5 Å². The molecule has 0 radical (unpaired) electrons. The molecule has 0 aliphatic rings. The number of hydrogen-bond donors (Lipinski definition) is 0. The van der Waals surface area contributed by atoms with E-state index in [9.17, 15) is 4.79 Å². The van der Waals surface area contributed by atoms with Gasteiger partial charge in [0.1, 0.15) is 0 Å². The third-order valence-electron chi connectivity index (χ3n) is 4.75. The zero-order chi connectivity index (χ0) is 22.4. The van der Waals surface area contributed by atoms with Gasteiger partial charge < -0.3 is 4.90 Å². The van der Waals surface area contributed by atoms with E-state index in [1.54, 1.807) is 6.08 Å². The molecule has 0 spiro atoms. The number of amides is 1. The lowest BCUT2D eigenvalue weighted by Crippen LogP contribution is -2.45. The molecular formula is C24H27ClN4OS. The minimum atomic E-state index is -0.295. The molecule has 0 aliphatic carbocycles. The van der Waals surface area contributed by atoms with Gasteiger partial charge in [-0.15, -0.1) is 16.8 Å². The smallest absolute Gasteiger partial charge is 0.233 e. The average molecular weight is 455 g/mol. The quantitative estimate of drug-likeness (QED) is 0.323. The zero-order valence-electron chi connectivity index (χ0n) is 18.1. The van der Waals surface area contributed by atoms with Crippen LogP contribution in [0.1, 0.15) is 26.3 Å². The lowest BCUT2D eigenvalue weighted by Gasteiger charge is -2.36. The van der Waals surface area contributed by atoms with E-state index < -0.39 is 0 Å². The summed E-state index contributed by atoms with van der Waals surface area (Å²) >= 11 is 7.40. The zero-order valence-corrected chi connectivity index (χ0v) is 19.7. The Morgan fingerprint density at radius 2 is 1.81 bits per heavy atom. The lowest BCUT2D eigenvalue weighted by atomic mass is 10.0. The van der Waals surface area contributed by atoms with Crippen LogP contribution in [-0.2, 0) is 17.9 Å². The van der Waals surface area contributed by atoms with Crippen molar-refractivity contribution in [3.63, 3.8) is 0 Å². The third kappa shape index (κ3) is 5.99. The summed E-state index contributed by atoms with van der Waals surface area (Å²) in [4.78, 5) is 15.1. The summed E-state index contributed by atoms with van der Waals surface area (Å²) in [6, 6.07) is 17.5. The maximum Gasteiger partial charge on any atom is 0.233 e. The van der Waals surface area contributed by atoms with Crippen LogP contribution >= 0.6 is 23.4 Å². The average Bonchev–Trinajstić information content (AvgIpc) is 3.13. The Labute approximate surface area is 193 Å². The number of carbonyl (C=O) groups excluding carboxylic acids is 1. The summed E-state index contributed by atoms with van der Waals surface area (Å²) in [5.74, 6) is 1.06. The number of nitrogens with zero attached hydrogens (tertiary/aromatic N) is 4. The van der Waals surface area contributed by atoms with Gasteiger partial charge in [-0.1, -0.05) is 59.8 Å². The molecule has 3 rings (SSSR count). The number of benzene rings is 2. The van der Waals surface area contributed by atoms with Crippen LogP contribution in [-0.4, -0.2) is 36.9 Å². The Morgan fingerprint density at radius 3 is 2.42 bits per heavy atom. The molecule has 0 unspecified atom stereocenters. The highest BCUT2D eigenvalue weighted by Gasteiger charge is 2.27. The van der Waals surface area contributed by atoms with Crippen molar-refractivity contribution in [1.82, 2.24) is 19.7 Å². The summed E-state index contributed by atoms with van der Waals surface area (Å²) < 4.78 is 1.97. The molecule has 0 bridgehead atoms. The summed E-state index contributed by atoms with van der Waals surface area (Å²) in [6.07, 6.45) is 1.80. The molecule has 0 N–H and O–H groups in total. The van der Waals surface area contributed by atoms with Gasteiger partial charge in [-0.2, -0.15) is 0 Å². The number of halogens is 1. The fraction of sp³-hybridized carbons (Fsp3) is 0.292. The summed E-state index contributed by atoms with van der Waals surface area (Å²) in [6.45, 7) is 11.1. The van der Waals surface area contributed by atoms with Gasteiger partial charge in [0.05, 0.1) is 5.75 Å². The molecule has 0 saturated carbocycles. The van der Waals surface area contributed by atoms with Gasteiger partial charge in [-0.3, -0.25) is 9.36 Å². The Hall–Kier alpha value is -2.57. The van der Waals surface area contributed by atoms with E-state index in [4.69, 9.17) is 11.6 Å². The van der Waals surface area contributed by atoms with Crippen LogP contribution in [0, 0.1) is 0 Å². The van der Waals surface area contributed by atoms with Crippen molar-refractivity contribution in [2.75, 3.05) is 5.75 Å². The fourth-order valence-electron chi connectivity index (χ4n) is 3.17. The second-order valence-corrected chi connectivity index (χ2v) is 9.52. The monoisotopic (exact) mass is 454 g/mol. The Morgan fingerprint density at radius 1 is 1.13 bits per heavy atom. The van der Waals surface area contributed by atoms with Gasteiger partial charge in [0.2, 0.25) is 5.91 Å². The number of hydrogen-bond acceptors (Lipinski definition) is 4. The van der Waals surface area contributed by atoms with Crippen LogP contribution in [0.3, 0.4) is 0 Å². The number of allylic oxidation sites excluding steroid dienone is 1. The van der Waals surface area contributed by atoms with Gasteiger partial charge in [0.15, 0.2) is 11.0 Å². The summed E-state index contributed by atoms with van der Waals surface area (Å²) in [7, 11) is 0. The molecule has 1 amide bonds. The van der Waals surface area contributed by atoms with E-state index in [-0.39, 0.29) is 17.2 Å². The first-order valence-corrected chi connectivity index (χ1v) is 11.4. The summed E-state index contributed by atoms with van der Waals surface area (Å²) in [5, 5.41) is 10.0. The molecule has 0 saturated heterocycles. The van der Waals surface area contributed by atoms with Gasteiger partial charge in [-0.05, 0) is 50.6 Å². The van der Waals surface area contributed by atoms with E-state index in [0.717, 1.165) is 17.0 Å². The maximum absolute atomic E-state index is 13.2. The molecule has 0 atom stereocenters. The topological polar surface area (TPSA) is 51.0 Å². The molecule has 2 aromatic carbocycles. The van der Waals surface area contributed by atoms with Gasteiger partial charge in [0, 0.05) is 29.2 Å². The van der Waals surface area contributed by atoms with E-state index >= 15 is 0 Å². The van der Waals surface area contributed by atoms with Crippen LogP contribution in [0.2, 0.25) is 5.02 Å². The van der Waals surface area contributed by atoms with Crippen molar-refractivity contribution in [1.29, 1.82) is 0 Å². The van der Waals surface area contributed by atoms with Crippen molar-refractivity contribution in [3.8, 4) is 11.4 Å². The maximum atomic E-state index is 13.2. The Kier molecular flexibility index (Phi) is 7.57. The first-order chi connectivity index (χ1) is 14.8. The predicted octanol–water partition coefficient (Wildman–Crippen LogP) is 5.70. The number of carbonyl (C=O) groups is 1. The SMILES string of the molecule is C=CCn1c(SCC(=O)N(Cc2ccccc2)C(C)(C)C)nnc1-c1ccc(Cl)cc1. The molecule has 0 fully saturated rings. The van der Waals surface area contributed by atoms with E-state index in [1.807, 2.05) is 64.1 Å². The minimum Gasteiger partial charge on any atom is -0.333 e. The third-order valence-corrected chi connectivity index (χ3v) is 5.95. The molecule has 0 aliphatic heterocycles. The van der Waals surface area contributed by atoms with Crippen LogP contribution in [0.15, 0.2) is 72.4 Å². The minimum absolute atomic E-state index is 0.0579. The fourth-order valence-corrected chi connectivity index (χ4v) is 4.12. The van der Waals surface area contributed by atoms with Crippen molar-refractivity contribution >= 4 is 29.3 Å². The molecule has 7 heteroatoms. The van der Waals surface area contributed by atoms with Crippen LogP contribution < -0.4 is 0 Å². The number of aromatic nitrogens is 3. The number of thioether (sulfide) groups is 1. The molecule has 3 aromatic rings. The lowest BCUT2D eigenvalue weighted by molar-refractivity contribution is -0.133. The Balaban J connectivity index is 1.77. The van der Waals surface area contributed by atoms with E-state index in [0.29, 0.717) is 23.3 Å². The second kappa shape index (κ2) is 10.2. The number of rotatable bonds is 8. The van der Waals surface area contributed by atoms with Gasteiger partial charge in [-0.25, -0.2) is 0 Å². The first-order valence-electron chi connectivity index (χ1n) is 10.1. The normalized spacial score (nSPS) is 11.4. The van der Waals surface area contributed by atoms with E-state index in [1.165, 1.54) is 11.8 Å². The van der Waals surface area contributed by atoms with Gasteiger partial charge in [0.25, 0.3) is 0 Å². The Bertz CT molecular complexity index is 1030. The van der Waals surface area contributed by atoms with Crippen molar-refractivity contribution in [2.45, 2.75) is 44.6 Å². The molecule has 5 nitrogen and oxygen atoms in total.